The van der Waals surface area contributed by atoms with Crippen LogP contribution in [0, 0.1) is 5.82 Å². The van der Waals surface area contributed by atoms with E-state index in [-0.39, 0.29) is 18.3 Å². The minimum atomic E-state index is -0.463. The lowest BCUT2D eigenvalue weighted by Crippen LogP contribution is -2.24. The molecule has 0 unspecified atom stereocenters. The Labute approximate surface area is 183 Å². The number of hydrogen-bond donors (Lipinski definition) is 3. The Balaban J connectivity index is 1.45. The topological polar surface area (TPSA) is 87.5 Å². The molecule has 4 rings (SSSR count). The van der Waals surface area contributed by atoms with E-state index in [0.29, 0.717) is 11.4 Å². The normalized spacial score (nSPS) is 10.9. The predicted octanol–water partition coefficient (Wildman–Crippen LogP) is 4.57. The first-order chi connectivity index (χ1) is 15.6. The highest BCUT2D eigenvalue weighted by atomic mass is 19.1. The van der Waals surface area contributed by atoms with Crippen LogP contribution in [0.25, 0.3) is 10.9 Å². The van der Waals surface area contributed by atoms with Crippen LogP contribution in [0.15, 0.2) is 90.2 Å². The molecule has 160 valence electrons. The number of hydrogen-bond acceptors (Lipinski definition) is 3. The highest BCUT2D eigenvalue weighted by Gasteiger charge is 2.10. The van der Waals surface area contributed by atoms with Crippen molar-refractivity contribution in [3.8, 4) is 0 Å². The van der Waals surface area contributed by atoms with Crippen LogP contribution in [0.3, 0.4) is 0 Å². The molecule has 3 N–H and O–H groups in total. The Kier molecular flexibility index (Phi) is 6.22. The zero-order valence-electron chi connectivity index (χ0n) is 17.0. The van der Waals surface area contributed by atoms with Crippen LogP contribution in [0.1, 0.15) is 5.56 Å². The van der Waals surface area contributed by atoms with Gasteiger partial charge in [0, 0.05) is 34.0 Å². The fraction of sp³-hybridized carbons (Fsp3) is 0.0417. The van der Waals surface area contributed by atoms with E-state index in [1.54, 1.807) is 22.9 Å². The monoisotopic (exact) mass is 429 g/mol. The van der Waals surface area contributed by atoms with Crippen molar-refractivity contribution in [1.82, 2.24) is 9.99 Å². The largest absolute Gasteiger partial charge is 0.339 e. The first-order valence-corrected chi connectivity index (χ1v) is 9.87. The van der Waals surface area contributed by atoms with E-state index in [1.165, 1.54) is 30.5 Å². The second-order valence-corrected chi connectivity index (χ2v) is 6.97. The molecule has 3 amide bonds. The molecule has 0 radical (unpaired) electrons. The van der Waals surface area contributed by atoms with E-state index in [4.69, 9.17) is 0 Å². The fourth-order valence-electron chi connectivity index (χ4n) is 3.24. The van der Waals surface area contributed by atoms with Crippen molar-refractivity contribution in [1.29, 1.82) is 0 Å². The van der Waals surface area contributed by atoms with Gasteiger partial charge in [0.15, 0.2) is 0 Å². The van der Waals surface area contributed by atoms with Crippen molar-refractivity contribution >= 4 is 40.4 Å². The maximum absolute atomic E-state index is 13.0. The molecule has 4 aromatic rings. The van der Waals surface area contributed by atoms with Crippen LogP contribution < -0.4 is 16.1 Å². The third kappa shape index (κ3) is 5.17. The molecule has 0 saturated carbocycles. The van der Waals surface area contributed by atoms with Crippen LogP contribution in [-0.4, -0.2) is 22.7 Å². The van der Waals surface area contributed by atoms with Crippen molar-refractivity contribution in [3.63, 3.8) is 0 Å². The summed E-state index contributed by atoms with van der Waals surface area (Å²) in [6.07, 6.45) is 3.32. The molecule has 0 aliphatic carbocycles. The van der Waals surface area contributed by atoms with Crippen molar-refractivity contribution in [3.05, 3.63) is 96.4 Å². The van der Waals surface area contributed by atoms with E-state index >= 15 is 0 Å². The molecule has 3 aromatic carbocycles. The Morgan fingerprint density at radius 2 is 1.56 bits per heavy atom. The van der Waals surface area contributed by atoms with Crippen molar-refractivity contribution in [2.45, 2.75) is 6.54 Å². The molecule has 0 spiro atoms. The maximum Gasteiger partial charge on any atom is 0.339 e. The number of rotatable bonds is 6. The van der Waals surface area contributed by atoms with Crippen LogP contribution in [-0.2, 0) is 11.3 Å². The van der Waals surface area contributed by atoms with Crippen molar-refractivity contribution < 1.29 is 14.0 Å². The Hall–Kier alpha value is -4.46. The molecular formula is C24H20FN5O2. The van der Waals surface area contributed by atoms with Gasteiger partial charge < -0.3 is 15.2 Å². The van der Waals surface area contributed by atoms with Gasteiger partial charge in [0.1, 0.15) is 12.4 Å². The smallest absolute Gasteiger partial charge is 0.337 e. The van der Waals surface area contributed by atoms with Gasteiger partial charge in [-0.3, -0.25) is 4.79 Å². The van der Waals surface area contributed by atoms with Gasteiger partial charge in [-0.25, -0.2) is 14.6 Å². The number of carbonyl (C=O) groups excluding carboxylic acids is 2. The summed E-state index contributed by atoms with van der Waals surface area (Å²) in [7, 11) is 0. The zero-order valence-corrected chi connectivity index (χ0v) is 17.0. The lowest BCUT2D eigenvalue weighted by Gasteiger charge is -2.07. The standard InChI is InChI=1S/C24H20FN5O2/c25-18-10-12-20(13-11-18)27-23(31)16-30-15-17(21-8-4-5-9-22(21)30)14-26-29-24(32)28-19-6-2-1-3-7-19/h1-15H,16H2,(H,27,31)(H2,28,29,32). The number of fused-ring (bicyclic) bond motifs is 1. The quantitative estimate of drug-likeness (QED) is 0.310. The highest BCUT2D eigenvalue weighted by Crippen LogP contribution is 2.20. The molecule has 1 aromatic heterocycles. The summed E-state index contributed by atoms with van der Waals surface area (Å²) in [6, 6.07) is 21.7. The SMILES string of the molecule is O=C(Cn1cc(C=NNC(=O)Nc2ccccc2)c2ccccc21)Nc1ccc(F)cc1. The third-order valence-electron chi connectivity index (χ3n) is 4.66. The molecule has 8 heteroatoms. The average Bonchev–Trinajstić information content (AvgIpc) is 3.13. The van der Waals surface area contributed by atoms with E-state index < -0.39 is 6.03 Å². The van der Waals surface area contributed by atoms with Gasteiger partial charge in [-0.15, -0.1) is 0 Å². The van der Waals surface area contributed by atoms with Gasteiger partial charge in [-0.05, 0) is 42.5 Å². The molecule has 0 aliphatic rings. The molecule has 32 heavy (non-hydrogen) atoms. The second kappa shape index (κ2) is 9.57. The van der Waals surface area contributed by atoms with Crippen molar-refractivity contribution in [2.24, 2.45) is 5.10 Å². The van der Waals surface area contributed by atoms with E-state index in [0.717, 1.165) is 16.5 Å². The number of halogens is 1. The lowest BCUT2D eigenvalue weighted by molar-refractivity contribution is -0.116. The number of anilines is 2. The van der Waals surface area contributed by atoms with Gasteiger partial charge >= 0.3 is 6.03 Å². The summed E-state index contributed by atoms with van der Waals surface area (Å²) in [6.45, 7) is 0.0631. The number of benzene rings is 3. The summed E-state index contributed by atoms with van der Waals surface area (Å²) in [5.74, 6) is -0.615. The molecular weight excluding hydrogens is 409 g/mol. The van der Waals surface area contributed by atoms with Crippen LogP contribution >= 0.6 is 0 Å². The summed E-state index contributed by atoms with van der Waals surface area (Å²) in [4.78, 5) is 24.5. The van der Waals surface area contributed by atoms with E-state index in [1.807, 2.05) is 42.5 Å². The Morgan fingerprint density at radius 1 is 0.875 bits per heavy atom. The average molecular weight is 429 g/mol. The molecule has 0 atom stereocenters. The number of nitrogens with zero attached hydrogens (tertiary/aromatic N) is 2. The number of aromatic nitrogens is 1. The summed E-state index contributed by atoms with van der Waals surface area (Å²) in [5, 5.41) is 10.3. The minimum Gasteiger partial charge on any atom is -0.337 e. The zero-order chi connectivity index (χ0) is 22.3. The van der Waals surface area contributed by atoms with Crippen LogP contribution in [0.2, 0.25) is 0 Å². The molecule has 0 saturated heterocycles. The van der Waals surface area contributed by atoms with Crippen LogP contribution in [0.5, 0.6) is 0 Å². The summed E-state index contributed by atoms with van der Waals surface area (Å²) >= 11 is 0. The van der Waals surface area contributed by atoms with Crippen LogP contribution in [0.4, 0.5) is 20.6 Å². The van der Waals surface area contributed by atoms with Gasteiger partial charge in [0.05, 0.1) is 6.21 Å². The number of urea groups is 1. The van der Waals surface area contributed by atoms with E-state index in [2.05, 4.69) is 21.2 Å². The minimum absolute atomic E-state index is 0.0631. The van der Waals surface area contributed by atoms with Gasteiger partial charge in [-0.1, -0.05) is 36.4 Å². The first-order valence-electron chi connectivity index (χ1n) is 9.87. The number of amides is 3. The number of hydrazone groups is 1. The molecule has 1 heterocycles. The summed E-state index contributed by atoms with van der Waals surface area (Å²) < 4.78 is 14.8. The lowest BCUT2D eigenvalue weighted by atomic mass is 10.2. The Morgan fingerprint density at radius 3 is 2.34 bits per heavy atom. The molecule has 0 aliphatic heterocycles. The van der Waals surface area contributed by atoms with Crippen molar-refractivity contribution in [2.75, 3.05) is 10.6 Å². The highest BCUT2D eigenvalue weighted by molar-refractivity contribution is 6.01. The molecule has 0 bridgehead atoms. The van der Waals surface area contributed by atoms with Gasteiger partial charge in [-0.2, -0.15) is 5.10 Å². The first kappa shape index (κ1) is 20.8. The third-order valence-corrected chi connectivity index (χ3v) is 4.66. The molecule has 7 nitrogen and oxygen atoms in total. The Bertz CT molecular complexity index is 1270. The number of nitrogens with one attached hydrogen (secondary N) is 3. The maximum atomic E-state index is 13.0. The van der Waals surface area contributed by atoms with Gasteiger partial charge in [0.25, 0.3) is 0 Å². The van der Waals surface area contributed by atoms with Gasteiger partial charge in [0.2, 0.25) is 5.91 Å². The van der Waals surface area contributed by atoms with E-state index in [9.17, 15) is 14.0 Å². The predicted molar refractivity (Wildman–Crippen MR) is 123 cm³/mol. The summed E-state index contributed by atoms with van der Waals surface area (Å²) in [5.41, 5.74) is 5.20. The second-order valence-electron chi connectivity index (χ2n) is 6.97. The fourth-order valence-corrected chi connectivity index (χ4v) is 3.24. The number of carbonyl (C=O) groups is 2. The molecule has 0 fully saturated rings. The number of para-hydroxylation sites is 2.